The zero-order valence-corrected chi connectivity index (χ0v) is 20.3. The Kier molecular flexibility index (Phi) is 4.62. The maximum atomic E-state index is 12.4. The van der Waals surface area contributed by atoms with Crippen LogP contribution in [0.15, 0.2) is 28.8 Å². The number of methoxy groups -OCH3 is 1. The SMILES string of the molecule is COc1cccc(-c2cc(N3[C@@H](C)C4c5sc(NC(=O)N[C@@H]6CCOC6)nc5C[C@@]35C[C@H]45)no2)n1. The summed E-state index contributed by atoms with van der Waals surface area (Å²) in [5, 5.41) is 11.0. The normalized spacial score (nSPS) is 30.1. The Balaban J connectivity index is 1.12. The quantitative estimate of drug-likeness (QED) is 0.555. The fourth-order valence-corrected chi connectivity index (χ4v) is 7.56. The summed E-state index contributed by atoms with van der Waals surface area (Å²) in [4.78, 5) is 25.5. The summed E-state index contributed by atoms with van der Waals surface area (Å²) in [5.74, 6) is 2.94. The molecule has 3 fully saturated rings. The van der Waals surface area contributed by atoms with Gasteiger partial charge >= 0.3 is 6.03 Å². The molecule has 1 saturated carbocycles. The van der Waals surface area contributed by atoms with Gasteiger partial charge in [-0.25, -0.2) is 14.8 Å². The molecular formula is C24H26N6O4S. The molecule has 1 unspecified atom stereocenters. The van der Waals surface area contributed by atoms with Crippen LogP contribution in [0.5, 0.6) is 5.88 Å². The Morgan fingerprint density at radius 1 is 1.34 bits per heavy atom. The first-order valence-electron chi connectivity index (χ1n) is 12.0. The maximum absolute atomic E-state index is 12.4. The molecule has 4 aliphatic rings. The van der Waals surface area contributed by atoms with Gasteiger partial charge in [0.15, 0.2) is 16.7 Å². The van der Waals surface area contributed by atoms with Gasteiger partial charge in [-0.2, -0.15) is 0 Å². The number of rotatable bonds is 5. The molecular weight excluding hydrogens is 468 g/mol. The number of nitrogens with one attached hydrogen (secondary N) is 2. The van der Waals surface area contributed by atoms with E-state index in [9.17, 15) is 4.79 Å². The van der Waals surface area contributed by atoms with Crippen LogP contribution in [0.25, 0.3) is 11.5 Å². The standard InChI is InChI=1S/C24H26N6O4S/c1-12-20-14-9-24(14,30(12)18-8-17(34-29-18)15-4-3-5-19(26-15)32-2)10-16-21(20)35-23(27-16)28-22(31)25-13-6-7-33-11-13/h3-5,8,12-14,20H,6-7,9-11H2,1-2H3,(H2,25,27,28,31)/t12-,13+,14+,20?,24+/m0/s1. The van der Waals surface area contributed by atoms with Crippen LogP contribution in [-0.2, 0) is 11.2 Å². The van der Waals surface area contributed by atoms with Crippen molar-refractivity contribution < 1.29 is 18.8 Å². The van der Waals surface area contributed by atoms with Gasteiger partial charge in [0.05, 0.1) is 31.0 Å². The average Bonchev–Trinajstić information content (AvgIpc) is 3.31. The third kappa shape index (κ3) is 3.24. The van der Waals surface area contributed by atoms with Crippen molar-refractivity contribution in [2.75, 3.05) is 30.5 Å². The van der Waals surface area contributed by atoms with E-state index in [1.807, 2.05) is 24.3 Å². The fraction of sp³-hybridized carbons (Fsp3) is 0.500. The Hall–Kier alpha value is -3.18. The second-order valence-corrected chi connectivity index (χ2v) is 10.9. The predicted octanol–water partition coefficient (Wildman–Crippen LogP) is 3.42. The van der Waals surface area contributed by atoms with Gasteiger partial charge < -0.3 is 24.2 Å². The number of carbonyl (C=O) groups excluding carboxylic acids is 1. The van der Waals surface area contributed by atoms with Crippen LogP contribution in [0.4, 0.5) is 15.7 Å². The van der Waals surface area contributed by atoms with Gasteiger partial charge in [-0.15, -0.1) is 11.3 Å². The van der Waals surface area contributed by atoms with Crippen molar-refractivity contribution in [3.8, 4) is 17.3 Å². The zero-order valence-electron chi connectivity index (χ0n) is 19.5. The molecule has 35 heavy (non-hydrogen) atoms. The smallest absolute Gasteiger partial charge is 0.321 e. The number of piperidine rings is 1. The van der Waals surface area contributed by atoms with Gasteiger partial charge in [0.1, 0.15) is 5.69 Å². The molecule has 2 bridgehead atoms. The highest BCUT2D eigenvalue weighted by atomic mass is 32.1. The number of hydrogen-bond acceptors (Lipinski definition) is 9. The summed E-state index contributed by atoms with van der Waals surface area (Å²) < 4.78 is 16.3. The molecule has 2 N–H and O–H groups in total. The third-order valence-electron chi connectivity index (χ3n) is 7.86. The molecule has 0 aromatic carbocycles. The van der Waals surface area contributed by atoms with Crippen LogP contribution in [0, 0.1) is 5.92 Å². The van der Waals surface area contributed by atoms with Gasteiger partial charge in [0.2, 0.25) is 5.88 Å². The summed E-state index contributed by atoms with van der Waals surface area (Å²) in [7, 11) is 1.60. The molecule has 2 aliphatic heterocycles. The molecule has 10 nitrogen and oxygen atoms in total. The molecule has 11 heteroatoms. The topological polar surface area (TPSA) is 115 Å². The lowest BCUT2D eigenvalue weighted by Gasteiger charge is -2.31. The molecule has 0 radical (unpaired) electrons. The van der Waals surface area contributed by atoms with Crippen molar-refractivity contribution >= 4 is 28.3 Å². The van der Waals surface area contributed by atoms with E-state index < -0.39 is 0 Å². The number of pyridine rings is 1. The van der Waals surface area contributed by atoms with Crippen LogP contribution in [0.2, 0.25) is 0 Å². The molecule has 5 atom stereocenters. The molecule has 7 rings (SSSR count). The van der Waals surface area contributed by atoms with Gasteiger partial charge in [-0.1, -0.05) is 11.2 Å². The Bertz CT molecular complexity index is 1300. The maximum Gasteiger partial charge on any atom is 0.321 e. The number of hydrogen-bond donors (Lipinski definition) is 2. The largest absolute Gasteiger partial charge is 0.481 e. The number of thiazole rings is 1. The monoisotopic (exact) mass is 494 g/mol. The summed E-state index contributed by atoms with van der Waals surface area (Å²) >= 11 is 1.61. The molecule has 2 saturated heterocycles. The van der Waals surface area contributed by atoms with E-state index in [0.717, 1.165) is 30.8 Å². The van der Waals surface area contributed by atoms with Crippen LogP contribution in [0.3, 0.4) is 0 Å². The molecule has 3 aromatic rings. The van der Waals surface area contributed by atoms with Gasteiger partial charge in [0, 0.05) is 42.0 Å². The second-order valence-electron chi connectivity index (χ2n) is 9.83. The highest BCUT2D eigenvalue weighted by Gasteiger charge is 2.72. The number of ether oxygens (including phenoxy) is 2. The van der Waals surface area contributed by atoms with Crippen molar-refractivity contribution in [3.05, 3.63) is 34.8 Å². The molecule has 2 amide bonds. The molecule has 5 heterocycles. The summed E-state index contributed by atoms with van der Waals surface area (Å²) in [6, 6.07) is 7.68. The van der Waals surface area contributed by atoms with Gasteiger partial charge in [0.25, 0.3) is 0 Å². The lowest BCUT2D eigenvalue weighted by Crippen LogP contribution is -2.41. The fourth-order valence-electron chi connectivity index (χ4n) is 6.32. The lowest BCUT2D eigenvalue weighted by molar-refractivity contribution is 0.189. The first kappa shape index (κ1) is 21.1. The second kappa shape index (κ2) is 7.66. The van der Waals surface area contributed by atoms with Crippen LogP contribution in [0.1, 0.15) is 36.3 Å². The minimum atomic E-state index is -0.212. The summed E-state index contributed by atoms with van der Waals surface area (Å²) in [6.45, 7) is 3.52. The molecule has 3 aromatic heterocycles. The molecule has 2 aliphatic carbocycles. The van der Waals surface area contributed by atoms with Crippen molar-refractivity contribution in [2.45, 2.75) is 49.7 Å². The highest BCUT2D eigenvalue weighted by Crippen LogP contribution is 2.70. The molecule has 182 valence electrons. The number of nitrogens with zero attached hydrogens (tertiary/aromatic N) is 4. The van der Waals surface area contributed by atoms with Crippen molar-refractivity contribution in [3.63, 3.8) is 0 Å². The van der Waals surface area contributed by atoms with Crippen molar-refractivity contribution in [2.24, 2.45) is 5.92 Å². The zero-order chi connectivity index (χ0) is 23.7. The Morgan fingerprint density at radius 2 is 2.26 bits per heavy atom. The van der Waals surface area contributed by atoms with Gasteiger partial charge in [-0.05, 0) is 31.7 Å². The van der Waals surface area contributed by atoms with Crippen LogP contribution >= 0.6 is 11.3 Å². The highest BCUT2D eigenvalue weighted by molar-refractivity contribution is 7.16. The first-order chi connectivity index (χ1) is 17.1. The lowest BCUT2D eigenvalue weighted by atomic mass is 9.90. The van der Waals surface area contributed by atoms with Crippen LogP contribution in [-0.4, -0.2) is 59.1 Å². The van der Waals surface area contributed by atoms with E-state index in [4.69, 9.17) is 19.0 Å². The minimum Gasteiger partial charge on any atom is -0.481 e. The van der Waals surface area contributed by atoms with Gasteiger partial charge in [-0.3, -0.25) is 5.32 Å². The number of urea groups is 1. The first-order valence-corrected chi connectivity index (χ1v) is 12.8. The average molecular weight is 495 g/mol. The number of aromatic nitrogens is 3. The predicted molar refractivity (Wildman–Crippen MR) is 129 cm³/mol. The van der Waals surface area contributed by atoms with E-state index in [1.54, 1.807) is 18.4 Å². The number of carbonyl (C=O) groups is 1. The van der Waals surface area contributed by atoms with E-state index in [2.05, 4.69) is 32.6 Å². The number of anilines is 2. The summed E-state index contributed by atoms with van der Waals surface area (Å²) in [6.07, 6.45) is 2.82. The number of fused-ring (bicyclic) bond motifs is 2. The van der Waals surface area contributed by atoms with Crippen molar-refractivity contribution in [1.82, 2.24) is 20.4 Å². The third-order valence-corrected chi connectivity index (χ3v) is 8.98. The van der Waals surface area contributed by atoms with E-state index >= 15 is 0 Å². The minimum absolute atomic E-state index is 0.0157. The number of amides is 2. The van der Waals surface area contributed by atoms with Crippen LogP contribution < -0.4 is 20.3 Å². The van der Waals surface area contributed by atoms with Crippen molar-refractivity contribution in [1.29, 1.82) is 0 Å². The Morgan fingerprint density at radius 3 is 3.09 bits per heavy atom. The van der Waals surface area contributed by atoms with E-state index in [-0.39, 0.29) is 23.7 Å². The summed E-state index contributed by atoms with van der Waals surface area (Å²) in [5.41, 5.74) is 1.81. The van der Waals surface area contributed by atoms with E-state index in [0.29, 0.717) is 47.5 Å². The van der Waals surface area contributed by atoms with E-state index in [1.165, 1.54) is 4.88 Å². The Labute approximate surface area is 206 Å². The molecule has 0 spiro atoms.